The lowest BCUT2D eigenvalue weighted by Gasteiger charge is -2.23. The molecular formula is C20H25N3O5S. The highest BCUT2D eigenvalue weighted by molar-refractivity contribution is 7.92. The smallest absolute Gasteiger partial charge is 0.271 e. The summed E-state index contributed by atoms with van der Waals surface area (Å²) in [5.41, 5.74) is 2.74. The molecular weight excluding hydrogens is 394 g/mol. The topological polar surface area (TPSA) is 110 Å². The molecule has 2 rings (SSSR count). The second-order valence-electron chi connectivity index (χ2n) is 6.94. The third-order valence-corrected chi connectivity index (χ3v) is 5.53. The van der Waals surface area contributed by atoms with Crippen LogP contribution in [0.3, 0.4) is 0 Å². The number of aryl methyl sites for hydroxylation is 3. The van der Waals surface area contributed by atoms with Crippen LogP contribution in [0.2, 0.25) is 0 Å². The van der Waals surface area contributed by atoms with E-state index in [4.69, 9.17) is 0 Å². The van der Waals surface area contributed by atoms with Crippen LogP contribution in [-0.4, -0.2) is 38.6 Å². The Labute approximate surface area is 170 Å². The predicted octanol–water partition coefficient (Wildman–Crippen LogP) is 2.73. The molecule has 29 heavy (non-hydrogen) atoms. The molecule has 0 aromatic heterocycles. The average molecular weight is 420 g/mol. The second kappa shape index (κ2) is 9.51. The molecule has 0 bridgehead atoms. The van der Waals surface area contributed by atoms with E-state index in [-0.39, 0.29) is 11.4 Å². The lowest BCUT2D eigenvalue weighted by molar-refractivity contribution is -0.384. The van der Waals surface area contributed by atoms with Gasteiger partial charge in [-0.25, -0.2) is 8.42 Å². The van der Waals surface area contributed by atoms with Gasteiger partial charge in [-0.3, -0.25) is 19.2 Å². The number of carbonyl (C=O) groups excluding carboxylic acids is 1. The summed E-state index contributed by atoms with van der Waals surface area (Å²) in [4.78, 5) is 22.7. The molecule has 8 nitrogen and oxygen atoms in total. The molecule has 2 aromatic rings. The highest BCUT2D eigenvalue weighted by atomic mass is 32.2. The van der Waals surface area contributed by atoms with Crippen molar-refractivity contribution in [2.45, 2.75) is 26.7 Å². The fourth-order valence-electron chi connectivity index (χ4n) is 2.94. The average Bonchev–Trinajstić information content (AvgIpc) is 2.63. The number of nitrogens with one attached hydrogen (secondary N) is 1. The number of amides is 1. The summed E-state index contributed by atoms with van der Waals surface area (Å²) < 4.78 is 25.3. The van der Waals surface area contributed by atoms with Crippen LogP contribution in [0.4, 0.5) is 11.4 Å². The SMILES string of the molecule is Cc1cccc(CCCNC(=O)CN(c2cc([N+](=O)[O-])ccc2C)S(C)(=O)=O)c1. The summed E-state index contributed by atoms with van der Waals surface area (Å²) in [6.45, 7) is 3.61. The van der Waals surface area contributed by atoms with E-state index in [1.807, 2.05) is 25.1 Å². The normalized spacial score (nSPS) is 11.1. The minimum Gasteiger partial charge on any atom is -0.355 e. The van der Waals surface area contributed by atoms with E-state index in [9.17, 15) is 23.3 Å². The van der Waals surface area contributed by atoms with E-state index in [2.05, 4.69) is 11.4 Å². The molecule has 1 amide bonds. The van der Waals surface area contributed by atoms with Crippen molar-refractivity contribution in [3.05, 3.63) is 69.3 Å². The van der Waals surface area contributed by atoms with Crippen LogP contribution in [0.1, 0.15) is 23.1 Å². The Hall–Kier alpha value is -2.94. The number of carbonyl (C=O) groups is 1. The fraction of sp³-hybridized carbons (Fsp3) is 0.350. The van der Waals surface area contributed by atoms with Gasteiger partial charge in [0, 0.05) is 18.7 Å². The molecule has 0 aliphatic rings. The van der Waals surface area contributed by atoms with Crippen molar-refractivity contribution in [2.75, 3.05) is 23.7 Å². The zero-order chi connectivity index (χ0) is 21.6. The summed E-state index contributed by atoms with van der Waals surface area (Å²) in [7, 11) is -3.81. The monoisotopic (exact) mass is 419 g/mol. The maximum atomic E-state index is 12.3. The number of hydrogen-bond donors (Lipinski definition) is 1. The van der Waals surface area contributed by atoms with Gasteiger partial charge in [0.05, 0.1) is 16.9 Å². The van der Waals surface area contributed by atoms with Crippen molar-refractivity contribution >= 4 is 27.3 Å². The number of nitro groups is 1. The van der Waals surface area contributed by atoms with Gasteiger partial charge in [-0.1, -0.05) is 35.9 Å². The van der Waals surface area contributed by atoms with Crippen molar-refractivity contribution in [2.24, 2.45) is 0 Å². The fourth-order valence-corrected chi connectivity index (χ4v) is 3.84. The Morgan fingerprint density at radius 2 is 1.90 bits per heavy atom. The molecule has 0 atom stereocenters. The van der Waals surface area contributed by atoms with Gasteiger partial charge in [0.1, 0.15) is 6.54 Å². The number of rotatable bonds is 9. The lowest BCUT2D eigenvalue weighted by atomic mass is 10.1. The molecule has 0 unspecified atom stereocenters. The number of sulfonamides is 1. The third-order valence-electron chi connectivity index (χ3n) is 4.41. The molecule has 156 valence electrons. The molecule has 0 radical (unpaired) electrons. The van der Waals surface area contributed by atoms with Gasteiger partial charge in [0.2, 0.25) is 15.9 Å². The third kappa shape index (κ3) is 6.56. The summed E-state index contributed by atoms with van der Waals surface area (Å²) >= 11 is 0. The number of nitro benzene ring substituents is 1. The highest BCUT2D eigenvalue weighted by Gasteiger charge is 2.24. The largest absolute Gasteiger partial charge is 0.355 e. The lowest BCUT2D eigenvalue weighted by Crippen LogP contribution is -2.41. The molecule has 0 saturated carbocycles. The van der Waals surface area contributed by atoms with Gasteiger partial charge in [-0.2, -0.15) is 0 Å². The number of anilines is 1. The van der Waals surface area contributed by atoms with Gasteiger partial charge >= 0.3 is 0 Å². The molecule has 0 aliphatic carbocycles. The van der Waals surface area contributed by atoms with Crippen molar-refractivity contribution in [3.63, 3.8) is 0 Å². The van der Waals surface area contributed by atoms with Crippen molar-refractivity contribution in [1.82, 2.24) is 5.32 Å². The Balaban J connectivity index is 2.03. The molecule has 9 heteroatoms. The summed E-state index contributed by atoms with van der Waals surface area (Å²) in [5.74, 6) is -0.467. The molecule has 2 aromatic carbocycles. The van der Waals surface area contributed by atoms with Crippen molar-refractivity contribution in [3.8, 4) is 0 Å². The first kappa shape index (κ1) is 22.4. The van der Waals surface area contributed by atoms with Crippen LogP contribution >= 0.6 is 0 Å². The molecule has 0 saturated heterocycles. The highest BCUT2D eigenvalue weighted by Crippen LogP contribution is 2.27. The van der Waals surface area contributed by atoms with Gasteiger partial charge < -0.3 is 5.32 Å². The van der Waals surface area contributed by atoms with E-state index in [0.717, 1.165) is 17.0 Å². The summed E-state index contributed by atoms with van der Waals surface area (Å²) in [5, 5.41) is 13.7. The number of hydrogen-bond acceptors (Lipinski definition) is 5. The maximum Gasteiger partial charge on any atom is 0.271 e. The van der Waals surface area contributed by atoms with Crippen LogP contribution < -0.4 is 9.62 Å². The van der Waals surface area contributed by atoms with Crippen LogP contribution in [0.15, 0.2) is 42.5 Å². The maximum absolute atomic E-state index is 12.3. The van der Waals surface area contributed by atoms with E-state index in [0.29, 0.717) is 18.5 Å². The van der Waals surface area contributed by atoms with E-state index < -0.39 is 27.4 Å². The first-order valence-corrected chi connectivity index (χ1v) is 11.0. The predicted molar refractivity (Wildman–Crippen MR) is 113 cm³/mol. The molecule has 0 heterocycles. The van der Waals surface area contributed by atoms with E-state index >= 15 is 0 Å². The zero-order valence-corrected chi connectivity index (χ0v) is 17.5. The van der Waals surface area contributed by atoms with Crippen LogP contribution in [-0.2, 0) is 21.2 Å². The number of non-ortho nitro benzene ring substituents is 1. The first-order chi connectivity index (χ1) is 13.6. The van der Waals surface area contributed by atoms with E-state index in [1.54, 1.807) is 6.92 Å². The Morgan fingerprint density at radius 1 is 1.17 bits per heavy atom. The first-order valence-electron chi connectivity index (χ1n) is 9.13. The number of nitrogens with zero attached hydrogens (tertiary/aromatic N) is 2. The van der Waals surface area contributed by atoms with Crippen LogP contribution in [0, 0.1) is 24.0 Å². The van der Waals surface area contributed by atoms with Gasteiger partial charge in [-0.05, 0) is 37.8 Å². The molecule has 1 N–H and O–H groups in total. The summed E-state index contributed by atoms with van der Waals surface area (Å²) in [6.07, 6.45) is 2.47. The Bertz CT molecular complexity index is 1000. The Morgan fingerprint density at radius 3 is 2.52 bits per heavy atom. The molecule has 0 aliphatic heterocycles. The molecule has 0 spiro atoms. The number of benzene rings is 2. The van der Waals surface area contributed by atoms with Crippen LogP contribution in [0.5, 0.6) is 0 Å². The molecule has 0 fully saturated rings. The quantitative estimate of drug-likeness (QED) is 0.382. The van der Waals surface area contributed by atoms with Crippen LogP contribution in [0.25, 0.3) is 0 Å². The van der Waals surface area contributed by atoms with Gasteiger partial charge in [0.25, 0.3) is 5.69 Å². The van der Waals surface area contributed by atoms with Gasteiger partial charge in [-0.15, -0.1) is 0 Å². The van der Waals surface area contributed by atoms with E-state index in [1.165, 1.54) is 29.3 Å². The van der Waals surface area contributed by atoms with Crippen molar-refractivity contribution in [1.29, 1.82) is 0 Å². The minimum atomic E-state index is -3.81. The standard InChI is InChI=1S/C20H25N3O5S/c1-15-6-4-7-17(12-15)8-5-11-21-20(24)14-22(29(3,27)28)19-13-18(23(25)26)10-9-16(19)2/h4,6-7,9-10,12-13H,5,8,11,14H2,1-3H3,(H,21,24). The minimum absolute atomic E-state index is 0.122. The van der Waals surface area contributed by atoms with Crippen molar-refractivity contribution < 1.29 is 18.1 Å². The zero-order valence-electron chi connectivity index (χ0n) is 16.7. The summed E-state index contributed by atoms with van der Waals surface area (Å²) in [6, 6.07) is 12.0. The Kier molecular flexibility index (Phi) is 7.33. The second-order valence-corrected chi connectivity index (χ2v) is 8.85. The van der Waals surface area contributed by atoms with Gasteiger partial charge in [0.15, 0.2) is 0 Å².